The molecule has 0 bridgehead atoms. The van der Waals surface area contributed by atoms with Crippen LogP contribution in [0.1, 0.15) is 25.6 Å². The van der Waals surface area contributed by atoms with E-state index in [1.165, 1.54) is 12.8 Å². The molecular formula is C10H18N6O. The average Bonchev–Trinajstić information content (AvgIpc) is 3.07. The number of anilines is 1. The fourth-order valence-electron chi connectivity index (χ4n) is 1.70. The molecule has 0 spiro atoms. The molecule has 1 fully saturated rings. The summed E-state index contributed by atoms with van der Waals surface area (Å²) in [7, 11) is 0. The van der Waals surface area contributed by atoms with Crippen molar-refractivity contribution < 1.29 is 4.79 Å². The molecular weight excluding hydrogens is 220 g/mol. The molecule has 7 heteroatoms. The van der Waals surface area contributed by atoms with Crippen LogP contribution in [0.3, 0.4) is 0 Å². The van der Waals surface area contributed by atoms with E-state index in [1.807, 2.05) is 0 Å². The monoisotopic (exact) mass is 238 g/mol. The van der Waals surface area contributed by atoms with Gasteiger partial charge >= 0.3 is 6.03 Å². The number of carbonyl (C=O) groups excluding carboxylic acids is 1. The van der Waals surface area contributed by atoms with Crippen LogP contribution in [-0.2, 0) is 6.54 Å². The molecule has 5 N–H and O–H groups in total. The molecule has 0 aromatic carbocycles. The Morgan fingerprint density at radius 3 is 2.94 bits per heavy atom. The molecule has 1 atom stereocenters. The first kappa shape index (κ1) is 11.7. The minimum absolute atomic E-state index is 0.185. The van der Waals surface area contributed by atoms with Crippen LogP contribution in [0.2, 0.25) is 0 Å². The molecule has 1 aromatic heterocycles. The Hall–Kier alpha value is -1.79. The second-order valence-electron chi connectivity index (χ2n) is 4.52. The van der Waals surface area contributed by atoms with E-state index in [-0.39, 0.29) is 12.0 Å². The maximum absolute atomic E-state index is 11.5. The SMILES string of the molecule is CC(CNC(=O)NCc1nc(N)n[nH]1)C1CC1. The zero-order chi connectivity index (χ0) is 12.3. The Bertz CT molecular complexity index is 386. The zero-order valence-electron chi connectivity index (χ0n) is 9.86. The molecule has 0 aliphatic heterocycles. The Kier molecular flexibility index (Phi) is 3.46. The number of nitrogens with two attached hydrogens (primary N) is 1. The molecule has 1 aliphatic carbocycles. The number of H-pyrrole nitrogens is 1. The summed E-state index contributed by atoms with van der Waals surface area (Å²) in [5, 5.41) is 11.8. The van der Waals surface area contributed by atoms with Gasteiger partial charge in [-0.1, -0.05) is 6.92 Å². The lowest BCUT2D eigenvalue weighted by Gasteiger charge is -2.11. The molecule has 94 valence electrons. The molecule has 7 nitrogen and oxygen atoms in total. The highest BCUT2D eigenvalue weighted by Crippen LogP contribution is 2.35. The topological polar surface area (TPSA) is 109 Å². The number of carbonyl (C=O) groups is 1. The maximum atomic E-state index is 11.5. The molecule has 1 aromatic rings. The van der Waals surface area contributed by atoms with Crippen LogP contribution in [0.15, 0.2) is 0 Å². The fourth-order valence-corrected chi connectivity index (χ4v) is 1.70. The van der Waals surface area contributed by atoms with Gasteiger partial charge in [-0.2, -0.15) is 4.98 Å². The maximum Gasteiger partial charge on any atom is 0.315 e. The Balaban J connectivity index is 1.63. The minimum Gasteiger partial charge on any atom is -0.367 e. The summed E-state index contributed by atoms with van der Waals surface area (Å²) in [4.78, 5) is 15.3. The van der Waals surface area contributed by atoms with Crippen molar-refractivity contribution in [2.24, 2.45) is 11.8 Å². The number of hydrogen-bond donors (Lipinski definition) is 4. The number of nitrogens with one attached hydrogen (secondary N) is 3. The molecule has 1 unspecified atom stereocenters. The predicted octanol–water partition coefficient (Wildman–Crippen LogP) is 0.232. The smallest absolute Gasteiger partial charge is 0.315 e. The molecule has 0 saturated heterocycles. The summed E-state index contributed by atoms with van der Waals surface area (Å²) >= 11 is 0. The number of nitrogens with zero attached hydrogens (tertiary/aromatic N) is 2. The summed E-state index contributed by atoms with van der Waals surface area (Å²) in [6.07, 6.45) is 2.59. The van der Waals surface area contributed by atoms with Gasteiger partial charge in [0.05, 0.1) is 6.54 Å². The third kappa shape index (κ3) is 3.61. The van der Waals surface area contributed by atoms with Gasteiger partial charge in [-0.25, -0.2) is 4.79 Å². The fraction of sp³-hybridized carbons (Fsp3) is 0.700. The van der Waals surface area contributed by atoms with E-state index in [0.29, 0.717) is 18.3 Å². The number of aromatic nitrogens is 3. The molecule has 2 amide bonds. The van der Waals surface area contributed by atoms with Gasteiger partial charge in [-0.15, -0.1) is 5.10 Å². The molecule has 17 heavy (non-hydrogen) atoms. The van der Waals surface area contributed by atoms with Gasteiger partial charge in [-0.05, 0) is 24.7 Å². The number of rotatable bonds is 5. The lowest BCUT2D eigenvalue weighted by Crippen LogP contribution is -2.38. The molecule has 1 aliphatic rings. The number of aromatic amines is 1. The van der Waals surface area contributed by atoms with E-state index in [1.54, 1.807) is 0 Å². The van der Waals surface area contributed by atoms with E-state index in [9.17, 15) is 4.79 Å². The van der Waals surface area contributed by atoms with Gasteiger partial charge in [0, 0.05) is 6.54 Å². The summed E-state index contributed by atoms with van der Waals surface area (Å²) in [5.74, 6) is 2.09. The third-order valence-electron chi connectivity index (χ3n) is 2.98. The predicted molar refractivity (Wildman–Crippen MR) is 62.9 cm³/mol. The van der Waals surface area contributed by atoms with Crippen LogP contribution in [0.4, 0.5) is 10.7 Å². The van der Waals surface area contributed by atoms with Gasteiger partial charge in [0.15, 0.2) is 0 Å². The number of urea groups is 1. The summed E-state index contributed by atoms with van der Waals surface area (Å²) in [5.41, 5.74) is 5.34. The normalized spacial score (nSPS) is 16.5. The first-order valence-electron chi connectivity index (χ1n) is 5.83. The van der Waals surface area contributed by atoms with Crippen LogP contribution in [0, 0.1) is 11.8 Å². The van der Waals surface area contributed by atoms with Crippen LogP contribution in [-0.4, -0.2) is 27.8 Å². The largest absolute Gasteiger partial charge is 0.367 e. The summed E-state index contributed by atoms with van der Waals surface area (Å²) in [6, 6.07) is -0.188. The second-order valence-corrected chi connectivity index (χ2v) is 4.52. The minimum atomic E-state index is -0.188. The quantitative estimate of drug-likeness (QED) is 0.588. The molecule has 0 radical (unpaired) electrons. The number of amides is 2. The van der Waals surface area contributed by atoms with Crippen molar-refractivity contribution in [1.82, 2.24) is 25.8 Å². The second kappa shape index (κ2) is 5.03. The van der Waals surface area contributed by atoms with E-state index in [4.69, 9.17) is 5.73 Å². The Morgan fingerprint density at radius 1 is 1.59 bits per heavy atom. The van der Waals surface area contributed by atoms with Crippen molar-refractivity contribution in [1.29, 1.82) is 0 Å². The highest BCUT2D eigenvalue weighted by Gasteiger charge is 2.27. The highest BCUT2D eigenvalue weighted by atomic mass is 16.2. The van der Waals surface area contributed by atoms with Crippen molar-refractivity contribution in [2.45, 2.75) is 26.3 Å². The van der Waals surface area contributed by atoms with Crippen molar-refractivity contribution in [3.8, 4) is 0 Å². The number of hydrogen-bond acceptors (Lipinski definition) is 4. The van der Waals surface area contributed by atoms with Gasteiger partial charge in [0.1, 0.15) is 5.82 Å². The Labute approximate surface area is 99.6 Å². The van der Waals surface area contributed by atoms with Gasteiger partial charge in [0.2, 0.25) is 5.95 Å². The van der Waals surface area contributed by atoms with Gasteiger partial charge < -0.3 is 16.4 Å². The molecule has 1 saturated carbocycles. The van der Waals surface area contributed by atoms with E-state index in [0.717, 1.165) is 12.5 Å². The molecule has 2 rings (SSSR count). The van der Waals surface area contributed by atoms with Crippen LogP contribution in [0.5, 0.6) is 0 Å². The Morgan fingerprint density at radius 2 is 2.35 bits per heavy atom. The molecule has 1 heterocycles. The summed E-state index contributed by atoms with van der Waals surface area (Å²) in [6.45, 7) is 3.18. The van der Waals surface area contributed by atoms with Crippen LogP contribution >= 0.6 is 0 Å². The van der Waals surface area contributed by atoms with Crippen LogP contribution in [0.25, 0.3) is 0 Å². The van der Waals surface area contributed by atoms with Crippen molar-refractivity contribution in [3.05, 3.63) is 5.82 Å². The van der Waals surface area contributed by atoms with Crippen molar-refractivity contribution in [2.75, 3.05) is 12.3 Å². The first-order chi connectivity index (χ1) is 8.15. The highest BCUT2D eigenvalue weighted by molar-refractivity contribution is 5.73. The lowest BCUT2D eigenvalue weighted by molar-refractivity contribution is 0.238. The van der Waals surface area contributed by atoms with Gasteiger partial charge in [0.25, 0.3) is 0 Å². The standard InChI is InChI=1S/C10H18N6O/c1-6(7-2-3-7)4-12-10(17)13-5-8-14-9(11)16-15-8/h6-7H,2-5H2,1H3,(H2,12,13,17)(H3,11,14,15,16). The van der Waals surface area contributed by atoms with E-state index in [2.05, 4.69) is 32.7 Å². The third-order valence-corrected chi connectivity index (χ3v) is 2.98. The lowest BCUT2D eigenvalue weighted by atomic mass is 10.1. The van der Waals surface area contributed by atoms with E-state index < -0.39 is 0 Å². The first-order valence-corrected chi connectivity index (χ1v) is 5.83. The van der Waals surface area contributed by atoms with Crippen LogP contribution < -0.4 is 16.4 Å². The summed E-state index contributed by atoms with van der Waals surface area (Å²) < 4.78 is 0. The number of nitrogen functional groups attached to an aromatic ring is 1. The zero-order valence-corrected chi connectivity index (χ0v) is 9.86. The van der Waals surface area contributed by atoms with Crippen molar-refractivity contribution in [3.63, 3.8) is 0 Å². The van der Waals surface area contributed by atoms with E-state index >= 15 is 0 Å². The average molecular weight is 238 g/mol. The van der Waals surface area contributed by atoms with Gasteiger partial charge in [-0.3, -0.25) is 5.10 Å². The van der Waals surface area contributed by atoms with Crippen molar-refractivity contribution >= 4 is 12.0 Å².